The quantitative estimate of drug-likeness (QED) is 0.686. The van der Waals surface area contributed by atoms with Gasteiger partial charge in [0.1, 0.15) is 12.4 Å². The molecule has 0 saturated carbocycles. The van der Waals surface area contributed by atoms with E-state index in [2.05, 4.69) is 4.98 Å². The van der Waals surface area contributed by atoms with E-state index in [0.29, 0.717) is 16.4 Å². The van der Waals surface area contributed by atoms with E-state index in [1.165, 1.54) is 18.2 Å². The first-order chi connectivity index (χ1) is 9.08. The molecule has 0 amide bonds. The highest BCUT2D eigenvalue weighted by Gasteiger charge is 2.15. The van der Waals surface area contributed by atoms with Gasteiger partial charge in [0.2, 0.25) is 0 Å². The van der Waals surface area contributed by atoms with Crippen LogP contribution in [0.3, 0.4) is 0 Å². The first kappa shape index (κ1) is 13.1. The molecule has 2 N–H and O–H groups in total. The summed E-state index contributed by atoms with van der Waals surface area (Å²) in [5.74, 6) is 0.424. The lowest BCUT2D eigenvalue weighted by molar-refractivity contribution is -0.385. The van der Waals surface area contributed by atoms with Crippen LogP contribution in [0.25, 0.3) is 0 Å². The number of anilines is 1. The molecule has 0 radical (unpaired) electrons. The van der Waals surface area contributed by atoms with E-state index in [1.54, 1.807) is 18.3 Å². The van der Waals surface area contributed by atoms with Crippen LogP contribution in [0, 0.1) is 10.1 Å². The number of ether oxygens (including phenoxy) is 1. The van der Waals surface area contributed by atoms with Gasteiger partial charge in [0.05, 0.1) is 4.92 Å². The minimum atomic E-state index is -0.530. The molecule has 0 bridgehead atoms. The van der Waals surface area contributed by atoms with Crippen molar-refractivity contribution in [3.8, 4) is 5.75 Å². The number of nitrogens with two attached hydrogens (primary N) is 1. The molecule has 0 spiro atoms. The van der Waals surface area contributed by atoms with Crippen molar-refractivity contribution in [1.82, 2.24) is 4.98 Å². The maximum Gasteiger partial charge on any atom is 0.311 e. The van der Waals surface area contributed by atoms with Crippen molar-refractivity contribution in [1.29, 1.82) is 0 Å². The van der Waals surface area contributed by atoms with Gasteiger partial charge in [-0.25, -0.2) is 4.98 Å². The molecule has 1 heterocycles. The number of hydrogen-bond acceptors (Lipinski definition) is 5. The third-order valence-electron chi connectivity index (χ3n) is 2.43. The van der Waals surface area contributed by atoms with Gasteiger partial charge in [-0.1, -0.05) is 17.7 Å². The number of nitro groups is 1. The fourth-order valence-electron chi connectivity index (χ4n) is 1.48. The van der Waals surface area contributed by atoms with Crippen LogP contribution in [-0.4, -0.2) is 9.91 Å². The summed E-state index contributed by atoms with van der Waals surface area (Å²) < 4.78 is 5.40. The summed E-state index contributed by atoms with van der Waals surface area (Å²) in [6.45, 7) is 0.0842. The number of rotatable bonds is 4. The van der Waals surface area contributed by atoms with Gasteiger partial charge in [-0.2, -0.15) is 0 Å². The number of aromatic nitrogens is 1. The van der Waals surface area contributed by atoms with Crippen molar-refractivity contribution in [3.63, 3.8) is 0 Å². The predicted octanol–water partition coefficient (Wildman–Crippen LogP) is 2.80. The van der Waals surface area contributed by atoms with Crippen molar-refractivity contribution in [3.05, 3.63) is 57.2 Å². The Morgan fingerprint density at radius 1 is 1.42 bits per heavy atom. The maximum absolute atomic E-state index is 10.9. The molecule has 2 aromatic rings. The molecule has 6 nitrogen and oxygen atoms in total. The Labute approximate surface area is 113 Å². The van der Waals surface area contributed by atoms with Crippen molar-refractivity contribution in [2.24, 2.45) is 0 Å². The van der Waals surface area contributed by atoms with Gasteiger partial charge in [-0.15, -0.1) is 0 Å². The first-order valence-electron chi connectivity index (χ1n) is 5.34. The molecule has 0 atom stereocenters. The Bertz CT molecular complexity index is 619. The highest BCUT2D eigenvalue weighted by Crippen LogP contribution is 2.30. The molecular formula is C12H10ClN3O3. The van der Waals surface area contributed by atoms with Gasteiger partial charge in [0.25, 0.3) is 0 Å². The molecule has 7 heteroatoms. The average molecular weight is 280 g/mol. The standard InChI is InChI=1S/C12H10ClN3O3/c13-9-3-4-10(16(17)18)11(6-9)19-7-8-2-1-5-15-12(8)14/h1-6H,7H2,(H2,14,15). The van der Waals surface area contributed by atoms with Gasteiger partial charge in [0.15, 0.2) is 5.75 Å². The van der Waals surface area contributed by atoms with Gasteiger partial charge >= 0.3 is 5.69 Å². The van der Waals surface area contributed by atoms with E-state index in [-0.39, 0.29) is 18.0 Å². The van der Waals surface area contributed by atoms with Crippen molar-refractivity contribution in [2.45, 2.75) is 6.61 Å². The molecule has 0 fully saturated rings. The Balaban J connectivity index is 2.22. The zero-order chi connectivity index (χ0) is 13.8. The van der Waals surface area contributed by atoms with Gasteiger partial charge < -0.3 is 10.5 Å². The zero-order valence-electron chi connectivity index (χ0n) is 9.75. The second-order valence-electron chi connectivity index (χ2n) is 3.71. The van der Waals surface area contributed by atoms with E-state index < -0.39 is 4.92 Å². The Kier molecular flexibility index (Phi) is 3.82. The normalized spacial score (nSPS) is 10.2. The smallest absolute Gasteiger partial charge is 0.311 e. The summed E-state index contributed by atoms with van der Waals surface area (Å²) in [7, 11) is 0. The van der Waals surface area contributed by atoms with E-state index in [9.17, 15) is 10.1 Å². The highest BCUT2D eigenvalue weighted by molar-refractivity contribution is 6.30. The molecule has 1 aromatic heterocycles. The molecule has 0 saturated heterocycles. The molecule has 0 unspecified atom stereocenters. The van der Waals surface area contributed by atoms with Crippen molar-refractivity contribution in [2.75, 3.05) is 5.73 Å². The maximum atomic E-state index is 10.9. The number of nitro benzene ring substituents is 1. The van der Waals surface area contributed by atoms with E-state index in [4.69, 9.17) is 22.1 Å². The minimum Gasteiger partial charge on any atom is -0.482 e. The Morgan fingerprint density at radius 2 is 2.21 bits per heavy atom. The SMILES string of the molecule is Nc1ncccc1COc1cc(Cl)ccc1[N+](=O)[O-]. The van der Waals surface area contributed by atoms with Gasteiger partial charge in [-0.05, 0) is 12.1 Å². The summed E-state index contributed by atoms with van der Waals surface area (Å²) in [5.41, 5.74) is 6.16. The largest absolute Gasteiger partial charge is 0.482 e. The topological polar surface area (TPSA) is 91.3 Å². The number of pyridine rings is 1. The van der Waals surface area contributed by atoms with Crippen LogP contribution in [0.15, 0.2) is 36.5 Å². The van der Waals surface area contributed by atoms with Gasteiger partial charge in [0, 0.05) is 28.9 Å². The fourth-order valence-corrected chi connectivity index (χ4v) is 1.64. The lowest BCUT2D eigenvalue weighted by atomic mass is 10.2. The lowest BCUT2D eigenvalue weighted by Gasteiger charge is -2.08. The molecule has 1 aromatic carbocycles. The molecule has 0 aliphatic carbocycles. The second-order valence-corrected chi connectivity index (χ2v) is 4.14. The zero-order valence-corrected chi connectivity index (χ0v) is 10.5. The van der Waals surface area contributed by atoms with Crippen LogP contribution < -0.4 is 10.5 Å². The summed E-state index contributed by atoms with van der Waals surface area (Å²) in [4.78, 5) is 14.2. The average Bonchev–Trinajstić information content (AvgIpc) is 2.37. The lowest BCUT2D eigenvalue weighted by Crippen LogP contribution is -2.03. The van der Waals surface area contributed by atoms with Gasteiger partial charge in [-0.3, -0.25) is 10.1 Å². The van der Waals surface area contributed by atoms with Crippen LogP contribution in [-0.2, 0) is 6.61 Å². The monoisotopic (exact) mass is 279 g/mol. The van der Waals surface area contributed by atoms with Crippen LogP contribution >= 0.6 is 11.6 Å². The summed E-state index contributed by atoms with van der Waals surface area (Å²) >= 11 is 5.79. The van der Waals surface area contributed by atoms with Crippen LogP contribution in [0.4, 0.5) is 11.5 Å². The molecule has 98 valence electrons. The molecule has 2 rings (SSSR count). The molecule has 19 heavy (non-hydrogen) atoms. The molecular weight excluding hydrogens is 270 g/mol. The summed E-state index contributed by atoms with van der Waals surface area (Å²) in [6.07, 6.45) is 1.56. The fraction of sp³-hybridized carbons (Fsp3) is 0.0833. The van der Waals surface area contributed by atoms with Crippen LogP contribution in [0.5, 0.6) is 5.75 Å². The second kappa shape index (κ2) is 5.53. The minimum absolute atomic E-state index is 0.0842. The number of nitrogens with zero attached hydrogens (tertiary/aromatic N) is 2. The van der Waals surface area contributed by atoms with Crippen LogP contribution in [0.1, 0.15) is 5.56 Å². The van der Waals surface area contributed by atoms with Crippen molar-refractivity contribution < 1.29 is 9.66 Å². The summed E-state index contributed by atoms with van der Waals surface area (Å²) in [5, 5.41) is 11.2. The predicted molar refractivity (Wildman–Crippen MR) is 71.1 cm³/mol. The Morgan fingerprint density at radius 3 is 2.89 bits per heavy atom. The summed E-state index contributed by atoms with van der Waals surface area (Å²) in [6, 6.07) is 7.57. The van der Waals surface area contributed by atoms with E-state index >= 15 is 0 Å². The number of benzene rings is 1. The number of nitrogen functional groups attached to an aromatic ring is 1. The van der Waals surface area contributed by atoms with Crippen molar-refractivity contribution >= 4 is 23.1 Å². The van der Waals surface area contributed by atoms with E-state index in [1.807, 2.05) is 0 Å². The highest BCUT2D eigenvalue weighted by atomic mass is 35.5. The molecule has 0 aliphatic rings. The number of halogens is 1. The van der Waals surface area contributed by atoms with E-state index in [0.717, 1.165) is 0 Å². The number of hydrogen-bond donors (Lipinski definition) is 1. The first-order valence-corrected chi connectivity index (χ1v) is 5.72. The Hall–Kier alpha value is -2.34. The third-order valence-corrected chi connectivity index (χ3v) is 2.66. The van der Waals surface area contributed by atoms with Crippen LogP contribution in [0.2, 0.25) is 5.02 Å². The third kappa shape index (κ3) is 3.11. The molecule has 0 aliphatic heterocycles.